The molecular formula is C13H10ClF15O2. The number of alkyl halides is 16. The lowest BCUT2D eigenvalue weighted by Gasteiger charge is -2.40. The number of carbonyl (C=O) groups is 1. The van der Waals surface area contributed by atoms with Crippen molar-refractivity contribution in [1.82, 2.24) is 0 Å². The van der Waals surface area contributed by atoms with Crippen molar-refractivity contribution in [3.05, 3.63) is 0 Å². The van der Waals surface area contributed by atoms with Crippen molar-refractivity contribution in [2.75, 3.05) is 0 Å². The topological polar surface area (TPSA) is 26.3 Å². The monoisotopic (exact) mass is 518 g/mol. The predicted molar refractivity (Wildman–Crippen MR) is 71.0 cm³/mol. The molecule has 0 fully saturated rings. The second kappa shape index (κ2) is 8.57. The van der Waals surface area contributed by atoms with Crippen LogP contribution in [0.5, 0.6) is 0 Å². The molecule has 0 aromatic rings. The molecular weight excluding hydrogens is 509 g/mol. The Kier molecular flexibility index (Phi) is 8.22. The van der Waals surface area contributed by atoms with Crippen molar-refractivity contribution in [3.8, 4) is 0 Å². The van der Waals surface area contributed by atoms with E-state index in [4.69, 9.17) is 11.6 Å². The van der Waals surface area contributed by atoms with Gasteiger partial charge < -0.3 is 4.74 Å². The highest BCUT2D eigenvalue weighted by molar-refractivity contribution is 6.20. The number of carbonyl (C=O) groups excluding carboxylic acids is 1. The second-order valence-corrected chi connectivity index (χ2v) is 6.39. The van der Waals surface area contributed by atoms with Crippen molar-refractivity contribution in [2.45, 2.75) is 73.5 Å². The highest BCUT2D eigenvalue weighted by atomic mass is 35.5. The number of hydrogen-bond donors (Lipinski definition) is 0. The van der Waals surface area contributed by atoms with Gasteiger partial charge in [0, 0.05) is 0 Å². The highest BCUT2D eigenvalue weighted by Crippen LogP contribution is 2.62. The molecule has 0 aromatic heterocycles. The summed E-state index contributed by atoms with van der Waals surface area (Å²) < 4.78 is 198. The first-order valence-corrected chi connectivity index (χ1v) is 8.00. The first-order valence-electron chi connectivity index (χ1n) is 7.56. The molecule has 0 rings (SSSR count). The fourth-order valence-electron chi connectivity index (χ4n) is 1.71. The van der Waals surface area contributed by atoms with Gasteiger partial charge in [0.05, 0.1) is 0 Å². The number of unbranched alkanes of at least 4 members (excludes halogenated alkanes) is 1. The van der Waals surface area contributed by atoms with Gasteiger partial charge in [-0.3, -0.25) is 0 Å². The molecule has 0 amide bonds. The summed E-state index contributed by atoms with van der Waals surface area (Å²) in [6.07, 6.45) is -8.05. The zero-order valence-electron chi connectivity index (χ0n) is 14.6. The van der Waals surface area contributed by atoms with Crippen LogP contribution in [0.2, 0.25) is 0 Å². The molecule has 31 heavy (non-hydrogen) atoms. The molecule has 0 radical (unpaired) electrons. The molecule has 0 aliphatic carbocycles. The molecule has 0 aliphatic rings. The van der Waals surface area contributed by atoms with Crippen LogP contribution in [0, 0.1) is 0 Å². The van der Waals surface area contributed by atoms with Gasteiger partial charge in [-0.05, 0) is 12.8 Å². The van der Waals surface area contributed by atoms with Crippen molar-refractivity contribution in [1.29, 1.82) is 0 Å². The van der Waals surface area contributed by atoms with E-state index in [2.05, 4.69) is 4.74 Å². The van der Waals surface area contributed by atoms with Crippen LogP contribution < -0.4 is 0 Å². The SMILES string of the molecule is CCCCC(Cl)OC(=O)C(F)(F)C(F)(F)C(F)(F)C(F)(F)C(F)(F)C(F)(F)C(F)(F)F. The largest absolute Gasteiger partial charge is 0.460 e. The third kappa shape index (κ3) is 4.60. The van der Waals surface area contributed by atoms with E-state index in [9.17, 15) is 70.7 Å². The summed E-state index contributed by atoms with van der Waals surface area (Å²) in [7, 11) is 0. The number of ether oxygens (including phenoxy) is 1. The van der Waals surface area contributed by atoms with E-state index in [1.165, 1.54) is 6.92 Å². The maximum atomic E-state index is 13.5. The molecule has 0 saturated carbocycles. The highest BCUT2D eigenvalue weighted by Gasteiger charge is 2.94. The lowest BCUT2D eigenvalue weighted by Crippen LogP contribution is -2.73. The van der Waals surface area contributed by atoms with Crippen molar-refractivity contribution >= 4 is 17.6 Å². The van der Waals surface area contributed by atoms with Crippen LogP contribution in [0.25, 0.3) is 0 Å². The number of rotatable bonds is 10. The molecule has 0 heterocycles. The fourth-order valence-corrected chi connectivity index (χ4v) is 1.94. The Morgan fingerprint density at radius 1 is 0.710 bits per heavy atom. The third-order valence-corrected chi connectivity index (χ3v) is 3.91. The van der Waals surface area contributed by atoms with Gasteiger partial charge in [0.15, 0.2) is 5.56 Å². The van der Waals surface area contributed by atoms with Gasteiger partial charge in [-0.2, -0.15) is 65.9 Å². The number of halogens is 16. The van der Waals surface area contributed by atoms with Gasteiger partial charge in [0.1, 0.15) is 0 Å². The van der Waals surface area contributed by atoms with Crippen LogP contribution >= 0.6 is 11.6 Å². The number of hydrogen-bond acceptors (Lipinski definition) is 2. The van der Waals surface area contributed by atoms with E-state index in [0.717, 1.165) is 0 Å². The molecule has 186 valence electrons. The average molecular weight is 519 g/mol. The van der Waals surface area contributed by atoms with Crippen molar-refractivity contribution in [2.24, 2.45) is 0 Å². The number of esters is 1. The van der Waals surface area contributed by atoms with Crippen LogP contribution in [0.4, 0.5) is 65.9 Å². The summed E-state index contributed by atoms with van der Waals surface area (Å²) >= 11 is 5.10. The minimum atomic E-state index is -8.46. The molecule has 0 spiro atoms. The van der Waals surface area contributed by atoms with Crippen LogP contribution in [-0.2, 0) is 9.53 Å². The Hall–Kier alpha value is -1.29. The van der Waals surface area contributed by atoms with Gasteiger partial charge in [0.25, 0.3) is 0 Å². The molecule has 2 nitrogen and oxygen atoms in total. The lowest BCUT2D eigenvalue weighted by atomic mass is 9.91. The van der Waals surface area contributed by atoms with E-state index in [1.54, 1.807) is 0 Å². The second-order valence-electron chi connectivity index (χ2n) is 5.90. The van der Waals surface area contributed by atoms with Crippen LogP contribution in [-0.4, -0.2) is 53.2 Å². The van der Waals surface area contributed by atoms with E-state index in [-0.39, 0.29) is 12.8 Å². The van der Waals surface area contributed by atoms with Gasteiger partial charge in [-0.25, -0.2) is 4.79 Å². The average Bonchev–Trinajstić information content (AvgIpc) is 2.57. The minimum Gasteiger partial charge on any atom is -0.441 e. The van der Waals surface area contributed by atoms with Gasteiger partial charge in [-0.1, -0.05) is 24.9 Å². The Morgan fingerprint density at radius 3 is 1.42 bits per heavy atom. The standard InChI is InChI=1S/C13H10ClF15O2/c1-2-3-4-5(14)31-6(30)7(15,16)8(17,18)9(19,20)10(21,22)11(23,24)12(25,26)13(27,28)29/h5H,2-4H2,1H3. The Labute approximate surface area is 167 Å². The molecule has 18 heteroatoms. The molecule has 0 aliphatic heterocycles. The van der Waals surface area contributed by atoms with Gasteiger partial charge in [-0.15, -0.1) is 0 Å². The molecule has 0 bridgehead atoms. The van der Waals surface area contributed by atoms with E-state index < -0.39 is 59.7 Å². The predicted octanol–water partition coefficient (Wildman–Crippen LogP) is 6.66. The first kappa shape index (κ1) is 29.7. The normalized spacial score (nSPS) is 16.3. The maximum Gasteiger partial charge on any atom is 0.460 e. The minimum absolute atomic E-state index is 0.0314. The quantitative estimate of drug-likeness (QED) is 0.184. The molecule has 0 saturated heterocycles. The van der Waals surface area contributed by atoms with Crippen LogP contribution in [0.15, 0.2) is 0 Å². The van der Waals surface area contributed by atoms with E-state index in [1.807, 2.05) is 0 Å². The molecule has 1 unspecified atom stereocenters. The van der Waals surface area contributed by atoms with E-state index in [0.29, 0.717) is 0 Å². The zero-order chi connectivity index (χ0) is 25.5. The van der Waals surface area contributed by atoms with Gasteiger partial charge >= 0.3 is 47.7 Å². The maximum absolute atomic E-state index is 13.5. The summed E-state index contributed by atoms with van der Waals surface area (Å²) in [5.74, 6) is -52.1. The summed E-state index contributed by atoms with van der Waals surface area (Å²) in [5, 5.41) is 0. The zero-order valence-corrected chi connectivity index (χ0v) is 15.3. The summed E-state index contributed by atoms with van der Waals surface area (Å²) in [6, 6.07) is 0. The van der Waals surface area contributed by atoms with Crippen molar-refractivity contribution in [3.63, 3.8) is 0 Å². The Balaban J connectivity index is 6.29. The lowest BCUT2D eigenvalue weighted by molar-refractivity contribution is -0.450. The summed E-state index contributed by atoms with van der Waals surface area (Å²) in [6.45, 7) is 1.45. The van der Waals surface area contributed by atoms with Crippen LogP contribution in [0.1, 0.15) is 26.2 Å². The van der Waals surface area contributed by atoms with E-state index >= 15 is 0 Å². The molecule has 0 aromatic carbocycles. The van der Waals surface area contributed by atoms with Crippen LogP contribution in [0.3, 0.4) is 0 Å². The first-order chi connectivity index (χ1) is 13.4. The summed E-state index contributed by atoms with van der Waals surface area (Å²) in [4.78, 5) is 11.0. The fraction of sp³-hybridized carbons (Fsp3) is 0.923. The Bertz CT molecular complexity index is 643. The third-order valence-electron chi connectivity index (χ3n) is 3.60. The Morgan fingerprint density at radius 2 is 1.06 bits per heavy atom. The smallest absolute Gasteiger partial charge is 0.441 e. The molecule has 1 atom stereocenters. The molecule has 0 N–H and O–H groups in total. The van der Waals surface area contributed by atoms with Gasteiger partial charge in [0.2, 0.25) is 0 Å². The van der Waals surface area contributed by atoms with Crippen molar-refractivity contribution < 1.29 is 75.4 Å². The summed E-state index contributed by atoms with van der Waals surface area (Å²) in [5.41, 5.74) is -2.22.